The first-order valence-corrected chi connectivity index (χ1v) is 7.46. The van der Waals surface area contributed by atoms with E-state index in [9.17, 15) is 13.2 Å². The van der Waals surface area contributed by atoms with Gasteiger partial charge in [0.2, 0.25) is 0 Å². The molecule has 3 heterocycles. The minimum absolute atomic E-state index is 0.426. The van der Waals surface area contributed by atoms with Gasteiger partial charge in [0.15, 0.2) is 0 Å². The maximum absolute atomic E-state index is 10.6. The van der Waals surface area contributed by atoms with Crippen LogP contribution in [0.15, 0.2) is 12.4 Å². The molecule has 1 aromatic heterocycles. The van der Waals surface area contributed by atoms with E-state index >= 15 is 0 Å². The van der Waals surface area contributed by atoms with Gasteiger partial charge in [0.1, 0.15) is 5.82 Å². The quantitative estimate of drug-likeness (QED) is 0.856. The van der Waals surface area contributed by atoms with Gasteiger partial charge in [-0.25, -0.2) is 9.78 Å². The van der Waals surface area contributed by atoms with E-state index in [1.165, 1.54) is 31.5 Å². The third-order valence-corrected chi connectivity index (χ3v) is 4.41. The summed E-state index contributed by atoms with van der Waals surface area (Å²) in [6, 6.07) is 1.83. The Balaban J connectivity index is 0.000000236. The van der Waals surface area contributed by atoms with Crippen LogP contribution in [-0.4, -0.2) is 49.8 Å². The van der Waals surface area contributed by atoms with Crippen molar-refractivity contribution in [3.63, 3.8) is 0 Å². The average molecular weight is 334 g/mol. The third kappa shape index (κ3) is 4.44. The van der Waals surface area contributed by atoms with E-state index in [1.807, 2.05) is 12.4 Å². The fraction of sp³-hybridized carbons (Fsp3) is 0.714. The van der Waals surface area contributed by atoms with Crippen molar-refractivity contribution in [2.24, 2.45) is 12.8 Å². The number of carbonyl (C=O) groups is 1. The molecule has 2 saturated heterocycles. The fourth-order valence-electron chi connectivity index (χ4n) is 3.29. The number of aliphatic carboxylic acids is 1. The zero-order chi connectivity index (χ0) is 17.2. The third-order valence-electron chi connectivity index (χ3n) is 4.41. The number of alkyl halides is 3. The monoisotopic (exact) mass is 334 g/mol. The van der Waals surface area contributed by atoms with Gasteiger partial charge >= 0.3 is 12.1 Å². The number of nitrogens with zero attached hydrogens (tertiary/aromatic N) is 3. The highest BCUT2D eigenvalue weighted by Crippen LogP contribution is 2.35. The Hall–Kier alpha value is -1.61. The highest BCUT2D eigenvalue weighted by Gasteiger charge is 2.40. The molecule has 2 unspecified atom stereocenters. The number of carboxylic acids is 1. The van der Waals surface area contributed by atoms with Crippen LogP contribution >= 0.6 is 0 Å². The molecule has 9 heteroatoms. The molecule has 3 N–H and O–H groups in total. The number of aromatic nitrogens is 2. The minimum atomic E-state index is -5.08. The van der Waals surface area contributed by atoms with Crippen LogP contribution in [0.5, 0.6) is 0 Å². The van der Waals surface area contributed by atoms with Crippen molar-refractivity contribution in [1.29, 1.82) is 0 Å². The summed E-state index contributed by atoms with van der Waals surface area (Å²) >= 11 is 0. The van der Waals surface area contributed by atoms with Gasteiger partial charge in [0.25, 0.3) is 0 Å². The Morgan fingerprint density at radius 2 is 1.91 bits per heavy atom. The summed E-state index contributed by atoms with van der Waals surface area (Å²) in [5.41, 5.74) is 6.07. The molecule has 0 saturated carbocycles. The predicted molar refractivity (Wildman–Crippen MR) is 76.5 cm³/mol. The number of hydrogen-bond acceptors (Lipinski definition) is 4. The van der Waals surface area contributed by atoms with E-state index in [4.69, 9.17) is 15.6 Å². The van der Waals surface area contributed by atoms with E-state index < -0.39 is 12.1 Å². The Bertz CT molecular complexity index is 532. The van der Waals surface area contributed by atoms with E-state index in [1.54, 1.807) is 0 Å². The van der Waals surface area contributed by atoms with Gasteiger partial charge in [0.05, 0.1) is 6.54 Å². The summed E-state index contributed by atoms with van der Waals surface area (Å²) in [7, 11) is 2.07. The summed E-state index contributed by atoms with van der Waals surface area (Å²) in [6.07, 6.45) is 3.80. The van der Waals surface area contributed by atoms with Crippen LogP contribution in [0.2, 0.25) is 0 Å². The molecule has 0 amide bonds. The predicted octanol–water partition coefficient (Wildman–Crippen LogP) is 1.51. The average Bonchev–Trinajstić information content (AvgIpc) is 2.93. The molecular weight excluding hydrogens is 313 g/mol. The first kappa shape index (κ1) is 17.7. The Labute approximate surface area is 132 Å². The first-order chi connectivity index (χ1) is 10.7. The van der Waals surface area contributed by atoms with Crippen LogP contribution in [0.1, 0.15) is 31.5 Å². The molecule has 3 rings (SSSR count). The highest BCUT2D eigenvalue weighted by atomic mass is 19.4. The number of carboxylic acid groups (broad SMARTS) is 1. The van der Waals surface area contributed by atoms with Gasteiger partial charge < -0.3 is 15.4 Å². The zero-order valence-electron chi connectivity index (χ0n) is 12.8. The molecule has 130 valence electrons. The Kier molecular flexibility index (Phi) is 5.30. The summed E-state index contributed by atoms with van der Waals surface area (Å²) in [5, 5.41) is 7.12. The van der Waals surface area contributed by atoms with E-state index in [-0.39, 0.29) is 0 Å². The highest BCUT2D eigenvalue weighted by molar-refractivity contribution is 5.73. The van der Waals surface area contributed by atoms with Crippen LogP contribution in [-0.2, 0) is 18.4 Å². The van der Waals surface area contributed by atoms with Crippen molar-refractivity contribution in [3.05, 3.63) is 18.2 Å². The van der Waals surface area contributed by atoms with Crippen LogP contribution in [0, 0.1) is 0 Å². The maximum atomic E-state index is 10.6. The first-order valence-electron chi connectivity index (χ1n) is 7.46. The van der Waals surface area contributed by atoms with E-state index in [2.05, 4.69) is 21.5 Å². The topological polar surface area (TPSA) is 84.4 Å². The molecule has 2 bridgehead atoms. The molecule has 0 radical (unpaired) electrons. The second-order valence-corrected chi connectivity index (χ2v) is 6.05. The van der Waals surface area contributed by atoms with E-state index in [0.29, 0.717) is 18.1 Å². The molecule has 2 aliphatic heterocycles. The Morgan fingerprint density at radius 3 is 2.30 bits per heavy atom. The van der Waals surface area contributed by atoms with E-state index in [0.717, 1.165) is 6.54 Å². The van der Waals surface area contributed by atoms with Gasteiger partial charge in [-0.1, -0.05) is 0 Å². The number of halogens is 3. The van der Waals surface area contributed by atoms with Gasteiger partial charge in [-0.2, -0.15) is 13.2 Å². The van der Waals surface area contributed by atoms with Gasteiger partial charge in [0, 0.05) is 37.6 Å². The summed E-state index contributed by atoms with van der Waals surface area (Å²) < 4.78 is 33.9. The molecule has 0 aromatic carbocycles. The SMILES string of the molecule is Cn1ccnc1CN1C2CCC1CC(N)C2.O=C(O)C(F)(F)F. The van der Waals surface area contributed by atoms with Crippen molar-refractivity contribution in [3.8, 4) is 0 Å². The normalized spacial score (nSPS) is 27.4. The lowest BCUT2D eigenvalue weighted by Crippen LogP contribution is -2.47. The molecule has 1 aromatic rings. The van der Waals surface area contributed by atoms with Crippen LogP contribution in [0.3, 0.4) is 0 Å². The number of fused-ring (bicyclic) bond motifs is 2. The molecule has 2 aliphatic rings. The molecule has 2 fully saturated rings. The van der Waals surface area contributed by atoms with Crippen molar-refractivity contribution < 1.29 is 23.1 Å². The number of nitrogens with two attached hydrogens (primary N) is 1. The van der Waals surface area contributed by atoms with Gasteiger partial charge in [-0.3, -0.25) is 4.90 Å². The molecule has 23 heavy (non-hydrogen) atoms. The number of hydrogen-bond donors (Lipinski definition) is 2. The smallest absolute Gasteiger partial charge is 0.475 e. The van der Waals surface area contributed by atoms with Gasteiger partial charge in [-0.15, -0.1) is 0 Å². The molecule has 2 atom stereocenters. The van der Waals surface area contributed by atoms with Crippen molar-refractivity contribution in [2.45, 2.75) is 56.5 Å². The largest absolute Gasteiger partial charge is 0.490 e. The number of piperidine rings is 1. The molecule has 0 spiro atoms. The minimum Gasteiger partial charge on any atom is -0.475 e. The Morgan fingerprint density at radius 1 is 1.39 bits per heavy atom. The van der Waals surface area contributed by atoms with Crippen molar-refractivity contribution in [2.75, 3.05) is 0 Å². The lowest BCUT2D eigenvalue weighted by atomic mass is 9.98. The maximum Gasteiger partial charge on any atom is 0.490 e. The molecular formula is C14H21F3N4O2. The molecule has 6 nitrogen and oxygen atoms in total. The second kappa shape index (κ2) is 6.88. The number of imidazole rings is 1. The fourth-order valence-corrected chi connectivity index (χ4v) is 3.29. The molecule has 0 aliphatic carbocycles. The number of rotatable bonds is 2. The van der Waals surface area contributed by atoms with Crippen LogP contribution < -0.4 is 5.73 Å². The van der Waals surface area contributed by atoms with Crippen LogP contribution in [0.4, 0.5) is 13.2 Å². The van der Waals surface area contributed by atoms with Crippen molar-refractivity contribution in [1.82, 2.24) is 14.5 Å². The lowest BCUT2D eigenvalue weighted by molar-refractivity contribution is -0.192. The lowest BCUT2D eigenvalue weighted by Gasteiger charge is -2.37. The standard InChI is InChI=1S/C12H20N4.C2HF3O2/c1-15-5-4-14-12(15)8-16-10-2-3-11(16)7-9(13)6-10;3-2(4,5)1(6)7/h4-5,9-11H,2-3,6-8,13H2,1H3;(H,6,7). The van der Waals surface area contributed by atoms with Gasteiger partial charge in [-0.05, 0) is 25.7 Å². The summed E-state index contributed by atoms with van der Waals surface area (Å²) in [5.74, 6) is -1.58. The second-order valence-electron chi connectivity index (χ2n) is 6.05. The zero-order valence-corrected chi connectivity index (χ0v) is 12.8. The summed E-state index contributed by atoms with van der Waals surface area (Å²) in [6.45, 7) is 0.992. The van der Waals surface area contributed by atoms with Crippen molar-refractivity contribution >= 4 is 5.97 Å². The number of aryl methyl sites for hydroxylation is 1. The van der Waals surface area contributed by atoms with Crippen LogP contribution in [0.25, 0.3) is 0 Å². The summed E-state index contributed by atoms with van der Waals surface area (Å²) in [4.78, 5) is 15.9.